The maximum atomic E-state index is 8.81. The molecule has 0 N–H and O–H groups in total. The summed E-state index contributed by atoms with van der Waals surface area (Å²) in [6.45, 7) is 1.10. The van der Waals surface area contributed by atoms with Crippen molar-refractivity contribution in [3.8, 4) is 0 Å². The molecule has 0 amide bonds. The zero-order valence-electron chi connectivity index (χ0n) is 9.87. The van der Waals surface area contributed by atoms with E-state index in [0.717, 1.165) is 11.0 Å². The van der Waals surface area contributed by atoms with Gasteiger partial charge in [0.1, 0.15) is 6.54 Å². The molecule has 0 aromatic heterocycles. The Balaban J connectivity index is 0. The fourth-order valence-electron chi connectivity index (χ4n) is 1.13. The summed E-state index contributed by atoms with van der Waals surface area (Å²) in [7, 11) is 15.7. The molecule has 0 aliphatic rings. The molecule has 17 heavy (non-hydrogen) atoms. The standard InChI is InChI=1S/C10H16N.2ClIO/c1-11(2,3)9-10-7-5-4-6-8-10;2*1-2-3/h4-8H,9H2,1-3H3;;/q+1;;. The van der Waals surface area contributed by atoms with Crippen LogP contribution in [0.3, 0.4) is 0 Å². The summed E-state index contributed by atoms with van der Waals surface area (Å²) >= 11 is -2.38. The minimum absolute atomic E-state index is 0.990. The maximum absolute atomic E-state index is 8.81. The minimum atomic E-state index is -1.19. The van der Waals surface area contributed by atoms with Crippen LogP contribution in [0.5, 0.6) is 0 Å². The number of nitrogens with zero attached hydrogens (tertiary/aromatic N) is 1. The van der Waals surface area contributed by atoms with Crippen molar-refractivity contribution in [2.75, 3.05) is 21.1 Å². The molecule has 0 aliphatic carbocycles. The minimum Gasteiger partial charge on any atom is -0.327 e. The predicted molar refractivity (Wildman–Crippen MR) is 89.3 cm³/mol. The smallest absolute Gasteiger partial charge is 0.258 e. The first-order chi connectivity index (χ1) is 7.91. The fraction of sp³-hybridized carbons (Fsp3) is 0.400. The summed E-state index contributed by atoms with van der Waals surface area (Å²) < 4.78 is 18.6. The van der Waals surface area contributed by atoms with Gasteiger partial charge in [0, 0.05) is 5.56 Å². The molecule has 3 nitrogen and oxygen atoms in total. The van der Waals surface area contributed by atoms with Crippen molar-refractivity contribution in [1.29, 1.82) is 0 Å². The second kappa shape index (κ2) is 13.3. The van der Waals surface area contributed by atoms with Gasteiger partial charge in [-0.1, -0.05) is 30.3 Å². The van der Waals surface area contributed by atoms with Gasteiger partial charge in [-0.05, 0) is 17.8 Å². The molecule has 0 aliphatic heterocycles. The van der Waals surface area contributed by atoms with Crippen LogP contribution < -0.4 is 0 Å². The van der Waals surface area contributed by atoms with E-state index in [0.29, 0.717) is 0 Å². The van der Waals surface area contributed by atoms with Crippen LogP contribution in [0.15, 0.2) is 30.3 Å². The summed E-state index contributed by atoms with van der Waals surface area (Å²) in [6, 6.07) is 10.6. The van der Waals surface area contributed by atoms with E-state index in [2.05, 4.69) is 69.3 Å². The third-order valence-electron chi connectivity index (χ3n) is 1.50. The molecule has 0 unspecified atom stereocenters. The number of hydrogen-bond donors (Lipinski definition) is 0. The molecule has 0 bridgehead atoms. The van der Waals surface area contributed by atoms with Gasteiger partial charge in [0.25, 0.3) is 40.1 Å². The van der Waals surface area contributed by atoms with Crippen LogP contribution >= 0.6 is 57.9 Å². The monoisotopic (exact) mass is 506 g/mol. The van der Waals surface area contributed by atoms with Gasteiger partial charge in [0.15, 0.2) is 0 Å². The first-order valence-electron chi connectivity index (χ1n) is 4.52. The summed E-state index contributed by atoms with van der Waals surface area (Å²) in [5.74, 6) is 0. The van der Waals surface area contributed by atoms with Gasteiger partial charge >= 0.3 is 0 Å². The Morgan fingerprint density at radius 2 is 1.35 bits per heavy atom. The van der Waals surface area contributed by atoms with E-state index in [4.69, 9.17) is 6.14 Å². The zero-order valence-corrected chi connectivity index (χ0v) is 15.7. The fourth-order valence-corrected chi connectivity index (χ4v) is 1.13. The van der Waals surface area contributed by atoms with Gasteiger partial charge in [-0.2, -0.15) is 0 Å². The highest BCUT2D eigenvalue weighted by Crippen LogP contribution is 2.05. The molecule has 0 heterocycles. The molecule has 1 rings (SSSR count). The van der Waals surface area contributed by atoms with Gasteiger partial charge in [-0.25, -0.2) is 0 Å². The molecule has 0 radical (unpaired) electrons. The van der Waals surface area contributed by atoms with Gasteiger partial charge in [-0.3, -0.25) is 6.14 Å². The maximum Gasteiger partial charge on any atom is 0.258 e. The first kappa shape index (κ1) is 20.1. The number of quaternary nitrogens is 1. The van der Waals surface area contributed by atoms with Gasteiger partial charge < -0.3 is 4.48 Å². The van der Waals surface area contributed by atoms with Crippen molar-refractivity contribution in [3.05, 3.63) is 35.9 Å². The van der Waals surface area contributed by atoms with E-state index in [1.54, 1.807) is 0 Å². The largest absolute Gasteiger partial charge is 0.327 e. The van der Waals surface area contributed by atoms with Gasteiger partial charge in [0.05, 0.1) is 21.1 Å². The highest BCUT2D eigenvalue weighted by Gasteiger charge is 2.06. The molecule has 0 saturated heterocycles. The average molecular weight is 507 g/mol. The van der Waals surface area contributed by atoms with E-state index >= 15 is 0 Å². The predicted octanol–water partition coefficient (Wildman–Crippen LogP) is 4.81. The Kier molecular flexibility index (Phi) is 15.7. The van der Waals surface area contributed by atoms with Crippen LogP contribution in [0.2, 0.25) is 0 Å². The second-order valence-electron chi connectivity index (χ2n) is 4.05. The highest BCUT2D eigenvalue weighted by atomic mass is 127. The van der Waals surface area contributed by atoms with Crippen LogP contribution in [-0.4, -0.2) is 25.6 Å². The van der Waals surface area contributed by atoms with Crippen molar-refractivity contribution < 1.29 is 10.6 Å². The third-order valence-corrected chi connectivity index (χ3v) is 1.50. The Morgan fingerprint density at radius 3 is 1.65 bits per heavy atom. The van der Waals surface area contributed by atoms with Crippen molar-refractivity contribution in [1.82, 2.24) is 0 Å². The molecule has 7 heteroatoms. The molecule has 0 spiro atoms. The lowest BCUT2D eigenvalue weighted by Gasteiger charge is -2.23. The Hall–Kier alpha value is 0.820. The topological polar surface area (TPSA) is 34.1 Å². The van der Waals surface area contributed by atoms with Gasteiger partial charge in [0.2, 0.25) is 0 Å². The molecule has 100 valence electrons. The quantitative estimate of drug-likeness (QED) is 0.426. The van der Waals surface area contributed by atoms with Crippen LogP contribution in [0, 0.1) is 0 Å². The molecule has 1 aromatic rings. The first-order valence-corrected chi connectivity index (χ1v) is 11.7. The molecule has 0 fully saturated rings. The molecule has 0 atom stereocenters. The average Bonchev–Trinajstić information content (AvgIpc) is 2.19. The second-order valence-corrected chi connectivity index (χ2v) is 6.28. The van der Waals surface area contributed by atoms with E-state index in [9.17, 15) is 0 Å². The lowest BCUT2D eigenvalue weighted by Crippen LogP contribution is -2.33. The molecular formula is C10H16Cl2I2NO2+. The number of hydrogen-bond acceptors (Lipinski definition) is 2. The van der Waals surface area contributed by atoms with Crippen molar-refractivity contribution in [2.24, 2.45) is 0 Å². The summed E-state index contributed by atoms with van der Waals surface area (Å²) in [5, 5.41) is 0. The Bertz CT molecular complexity index is 299. The van der Waals surface area contributed by atoms with E-state index in [-0.39, 0.29) is 0 Å². The lowest BCUT2D eigenvalue weighted by atomic mass is 10.2. The number of rotatable bonds is 2. The third kappa shape index (κ3) is 19.3. The summed E-state index contributed by atoms with van der Waals surface area (Å²) in [4.78, 5) is 0. The van der Waals surface area contributed by atoms with Crippen LogP contribution in [0.1, 0.15) is 5.56 Å². The number of benzene rings is 1. The summed E-state index contributed by atoms with van der Waals surface area (Å²) in [6.07, 6.45) is 0. The van der Waals surface area contributed by atoms with Crippen molar-refractivity contribution >= 4 is 57.9 Å². The van der Waals surface area contributed by atoms with Crippen molar-refractivity contribution in [3.63, 3.8) is 0 Å². The Morgan fingerprint density at radius 1 is 1.00 bits per heavy atom. The van der Waals surface area contributed by atoms with E-state index < -0.39 is 40.1 Å². The van der Waals surface area contributed by atoms with Crippen LogP contribution in [0.4, 0.5) is 0 Å². The van der Waals surface area contributed by atoms with Crippen LogP contribution in [-0.2, 0) is 12.7 Å². The van der Waals surface area contributed by atoms with Crippen LogP contribution in [0.25, 0.3) is 0 Å². The normalized spacial score (nSPS) is 9.47. The zero-order chi connectivity index (χ0) is 13.7. The SMILES string of the molecule is C[N+](C)(C)Cc1ccccc1.O=ICl.O=ICl. The van der Waals surface area contributed by atoms with Gasteiger partial charge in [-0.15, -0.1) is 0 Å². The lowest BCUT2D eigenvalue weighted by molar-refractivity contribution is -0.884. The van der Waals surface area contributed by atoms with E-state index in [1.165, 1.54) is 5.56 Å². The highest BCUT2D eigenvalue weighted by molar-refractivity contribution is 14.2. The molecule has 0 saturated carbocycles. The molecule has 1 aromatic carbocycles. The van der Waals surface area contributed by atoms with Crippen molar-refractivity contribution in [2.45, 2.75) is 6.54 Å². The molecular weight excluding hydrogens is 491 g/mol. The summed E-state index contributed by atoms with van der Waals surface area (Å²) in [5.41, 5.74) is 1.40. The number of halogens is 4. The Labute approximate surface area is 131 Å². The van der Waals surface area contributed by atoms with E-state index in [1.807, 2.05) is 0 Å².